The first-order valence-electron chi connectivity index (χ1n) is 9.66. The normalized spacial score (nSPS) is 11.0. The van der Waals surface area contributed by atoms with Crippen molar-refractivity contribution in [3.63, 3.8) is 0 Å². The molecule has 0 fully saturated rings. The number of pyridine rings is 1. The number of aromatic nitrogens is 2. The standard InChI is InChI=1S/C25H22N4O/c1-16-21-12-13-27-24(21)11-10-23(16)29-25-19(14-26)15-28-17(2)22(25)9-6-18-4-7-20(30-3)8-5-18/h4-13,15,27H,1-3H3,(H,28,29)/b9-6+. The molecule has 0 aliphatic rings. The van der Waals surface area contributed by atoms with Crippen molar-refractivity contribution in [1.29, 1.82) is 5.26 Å². The topological polar surface area (TPSA) is 73.7 Å². The number of benzene rings is 2. The number of nitrogens with one attached hydrogen (secondary N) is 2. The number of methoxy groups -OCH3 is 1. The van der Waals surface area contributed by atoms with Gasteiger partial charge in [-0.1, -0.05) is 24.3 Å². The van der Waals surface area contributed by atoms with Crippen molar-refractivity contribution < 1.29 is 4.74 Å². The second-order valence-corrected chi connectivity index (χ2v) is 7.07. The first kappa shape index (κ1) is 19.3. The Morgan fingerprint density at radius 3 is 2.60 bits per heavy atom. The van der Waals surface area contributed by atoms with Crippen LogP contribution < -0.4 is 10.1 Å². The third kappa shape index (κ3) is 3.63. The maximum absolute atomic E-state index is 9.69. The lowest BCUT2D eigenvalue weighted by atomic mass is 10.0. The molecule has 0 saturated heterocycles. The van der Waals surface area contributed by atoms with Crippen molar-refractivity contribution in [2.45, 2.75) is 13.8 Å². The Morgan fingerprint density at radius 2 is 1.87 bits per heavy atom. The van der Waals surface area contributed by atoms with Crippen LogP contribution in [0.3, 0.4) is 0 Å². The van der Waals surface area contributed by atoms with Crippen LogP contribution >= 0.6 is 0 Å². The number of anilines is 2. The van der Waals surface area contributed by atoms with Crippen LogP contribution in [-0.4, -0.2) is 17.1 Å². The van der Waals surface area contributed by atoms with E-state index in [9.17, 15) is 5.26 Å². The average Bonchev–Trinajstić information content (AvgIpc) is 3.25. The molecule has 4 rings (SSSR count). The average molecular weight is 394 g/mol. The first-order chi connectivity index (χ1) is 14.6. The lowest BCUT2D eigenvalue weighted by Crippen LogP contribution is -2.02. The lowest BCUT2D eigenvalue weighted by molar-refractivity contribution is 0.415. The van der Waals surface area contributed by atoms with Crippen molar-refractivity contribution >= 4 is 34.4 Å². The summed E-state index contributed by atoms with van der Waals surface area (Å²) >= 11 is 0. The van der Waals surface area contributed by atoms with E-state index in [1.165, 1.54) is 0 Å². The molecule has 0 unspecified atom stereocenters. The molecule has 0 aliphatic heterocycles. The minimum atomic E-state index is 0.503. The number of aryl methyl sites for hydroxylation is 2. The molecule has 0 saturated carbocycles. The van der Waals surface area contributed by atoms with Gasteiger partial charge in [-0.05, 0) is 55.3 Å². The smallest absolute Gasteiger partial charge is 0.118 e. The molecule has 0 radical (unpaired) electrons. The molecule has 2 aromatic carbocycles. The van der Waals surface area contributed by atoms with E-state index in [0.29, 0.717) is 5.56 Å². The highest BCUT2D eigenvalue weighted by atomic mass is 16.5. The summed E-state index contributed by atoms with van der Waals surface area (Å²) in [5, 5.41) is 14.3. The van der Waals surface area contributed by atoms with Crippen LogP contribution in [0.4, 0.5) is 11.4 Å². The van der Waals surface area contributed by atoms with Crippen LogP contribution in [-0.2, 0) is 0 Å². The molecule has 4 aromatic rings. The van der Waals surface area contributed by atoms with Gasteiger partial charge in [-0.2, -0.15) is 5.26 Å². The summed E-state index contributed by atoms with van der Waals surface area (Å²) in [7, 11) is 1.65. The summed E-state index contributed by atoms with van der Waals surface area (Å²) in [6, 6.07) is 16.2. The first-order valence-corrected chi connectivity index (χ1v) is 9.66. The fourth-order valence-electron chi connectivity index (χ4n) is 3.49. The van der Waals surface area contributed by atoms with Crippen LogP contribution in [0.5, 0.6) is 5.75 Å². The molecule has 2 N–H and O–H groups in total. The summed E-state index contributed by atoms with van der Waals surface area (Å²) in [6.07, 6.45) is 7.56. The molecular formula is C25H22N4O. The Balaban J connectivity index is 1.76. The number of ether oxygens (including phenoxy) is 1. The van der Waals surface area contributed by atoms with Gasteiger partial charge in [0.25, 0.3) is 0 Å². The highest BCUT2D eigenvalue weighted by molar-refractivity contribution is 5.90. The molecular weight excluding hydrogens is 372 g/mol. The number of H-pyrrole nitrogens is 1. The highest BCUT2D eigenvalue weighted by Gasteiger charge is 2.13. The summed E-state index contributed by atoms with van der Waals surface area (Å²) in [5.74, 6) is 0.814. The van der Waals surface area contributed by atoms with Gasteiger partial charge in [0.15, 0.2) is 0 Å². The van der Waals surface area contributed by atoms with Crippen molar-refractivity contribution in [3.05, 3.63) is 82.8 Å². The van der Waals surface area contributed by atoms with Crippen LogP contribution in [0.2, 0.25) is 0 Å². The summed E-state index contributed by atoms with van der Waals surface area (Å²) < 4.78 is 5.22. The molecule has 5 nitrogen and oxygen atoms in total. The van der Waals surface area contributed by atoms with E-state index in [2.05, 4.69) is 34.3 Å². The molecule has 0 atom stereocenters. The number of nitriles is 1. The van der Waals surface area contributed by atoms with E-state index in [4.69, 9.17) is 4.74 Å². The summed E-state index contributed by atoms with van der Waals surface area (Å²) in [6.45, 7) is 4.02. The molecule has 2 aromatic heterocycles. The highest BCUT2D eigenvalue weighted by Crippen LogP contribution is 2.32. The largest absolute Gasteiger partial charge is 0.497 e. The van der Waals surface area contributed by atoms with E-state index in [1.54, 1.807) is 13.3 Å². The molecule has 0 bridgehead atoms. The number of aromatic amines is 1. The van der Waals surface area contributed by atoms with Gasteiger partial charge in [-0.3, -0.25) is 4.98 Å². The molecule has 0 amide bonds. The van der Waals surface area contributed by atoms with E-state index in [-0.39, 0.29) is 0 Å². The van der Waals surface area contributed by atoms with Crippen LogP contribution in [0.15, 0.2) is 54.9 Å². The van der Waals surface area contributed by atoms with Gasteiger partial charge in [-0.15, -0.1) is 0 Å². The second-order valence-electron chi connectivity index (χ2n) is 7.07. The second kappa shape index (κ2) is 8.14. The summed E-state index contributed by atoms with van der Waals surface area (Å²) in [4.78, 5) is 7.65. The number of rotatable bonds is 5. The number of nitrogens with zero attached hydrogens (tertiary/aromatic N) is 2. The maximum atomic E-state index is 9.69. The number of fused-ring (bicyclic) bond motifs is 1. The van der Waals surface area contributed by atoms with Crippen molar-refractivity contribution in [1.82, 2.24) is 9.97 Å². The monoisotopic (exact) mass is 394 g/mol. The number of hydrogen-bond donors (Lipinski definition) is 2. The zero-order chi connectivity index (χ0) is 21.1. The molecule has 0 aliphatic carbocycles. The van der Waals surface area contributed by atoms with Crippen molar-refractivity contribution in [2.75, 3.05) is 12.4 Å². The molecule has 148 valence electrons. The van der Waals surface area contributed by atoms with Gasteiger partial charge < -0.3 is 15.0 Å². The SMILES string of the molecule is COc1ccc(/C=C/c2c(C)ncc(C#N)c2Nc2ccc3[nH]ccc3c2C)cc1. The van der Waals surface area contributed by atoms with Gasteiger partial charge in [0.1, 0.15) is 11.8 Å². The maximum Gasteiger partial charge on any atom is 0.118 e. The quantitative estimate of drug-likeness (QED) is 0.437. The van der Waals surface area contributed by atoms with E-state index >= 15 is 0 Å². The van der Waals surface area contributed by atoms with E-state index in [1.807, 2.05) is 61.7 Å². The van der Waals surface area contributed by atoms with Gasteiger partial charge >= 0.3 is 0 Å². The molecule has 0 spiro atoms. The minimum Gasteiger partial charge on any atom is -0.497 e. The third-order valence-electron chi connectivity index (χ3n) is 5.26. The van der Waals surface area contributed by atoms with Gasteiger partial charge in [0, 0.05) is 40.2 Å². The Bertz CT molecular complexity index is 1280. The van der Waals surface area contributed by atoms with Gasteiger partial charge in [0.05, 0.1) is 18.4 Å². The zero-order valence-electron chi connectivity index (χ0n) is 17.2. The van der Waals surface area contributed by atoms with Crippen LogP contribution in [0.1, 0.15) is 27.9 Å². The van der Waals surface area contributed by atoms with Crippen LogP contribution in [0, 0.1) is 25.2 Å². The summed E-state index contributed by atoms with van der Waals surface area (Å²) in [5.41, 5.74) is 7.20. The Hall–Kier alpha value is -4.04. The molecule has 2 heterocycles. The Labute approximate surface area is 175 Å². The van der Waals surface area contributed by atoms with Crippen molar-refractivity contribution in [3.8, 4) is 11.8 Å². The predicted octanol–water partition coefficient (Wildman–Crippen LogP) is 5.97. The van der Waals surface area contributed by atoms with Gasteiger partial charge in [-0.25, -0.2) is 0 Å². The Kier molecular flexibility index (Phi) is 5.23. The third-order valence-corrected chi connectivity index (χ3v) is 5.26. The van der Waals surface area contributed by atoms with Gasteiger partial charge in [0.2, 0.25) is 0 Å². The van der Waals surface area contributed by atoms with E-state index < -0.39 is 0 Å². The lowest BCUT2D eigenvalue weighted by Gasteiger charge is -2.16. The fourth-order valence-corrected chi connectivity index (χ4v) is 3.49. The number of hydrogen-bond acceptors (Lipinski definition) is 4. The fraction of sp³-hybridized carbons (Fsp3) is 0.120. The van der Waals surface area contributed by atoms with Crippen molar-refractivity contribution in [2.24, 2.45) is 0 Å². The predicted molar refractivity (Wildman–Crippen MR) is 122 cm³/mol. The molecule has 30 heavy (non-hydrogen) atoms. The van der Waals surface area contributed by atoms with E-state index in [0.717, 1.165) is 50.4 Å². The zero-order valence-corrected chi connectivity index (χ0v) is 17.2. The van der Waals surface area contributed by atoms with Crippen LogP contribution in [0.25, 0.3) is 23.1 Å². The Morgan fingerprint density at radius 1 is 1.07 bits per heavy atom. The molecule has 5 heteroatoms. The minimum absolute atomic E-state index is 0.503.